The summed E-state index contributed by atoms with van der Waals surface area (Å²) < 4.78 is 0. The van der Waals surface area contributed by atoms with Gasteiger partial charge < -0.3 is 5.11 Å². The molecule has 22 heavy (non-hydrogen) atoms. The van der Waals surface area contributed by atoms with E-state index in [9.17, 15) is 15.2 Å². The first kappa shape index (κ1) is 15.7. The zero-order valence-corrected chi connectivity index (χ0v) is 12.8. The third-order valence-electron chi connectivity index (χ3n) is 3.30. The number of aliphatic imine (C=N–C) groups is 1. The highest BCUT2D eigenvalue weighted by molar-refractivity contribution is 5.83. The monoisotopic (exact) mass is 298 g/mol. The molecular weight excluding hydrogens is 280 g/mol. The van der Waals surface area contributed by atoms with E-state index in [4.69, 9.17) is 0 Å². The number of phenolic OH excluding ortho intramolecular Hbond substituents is 1. The van der Waals surface area contributed by atoms with Gasteiger partial charge in [0, 0.05) is 18.3 Å². The minimum absolute atomic E-state index is 0.0364. The van der Waals surface area contributed by atoms with Crippen LogP contribution in [0.25, 0.3) is 0 Å². The van der Waals surface area contributed by atoms with Crippen LogP contribution in [0.4, 0.5) is 11.4 Å². The van der Waals surface area contributed by atoms with Gasteiger partial charge >= 0.3 is 0 Å². The van der Waals surface area contributed by atoms with E-state index in [-0.39, 0.29) is 16.9 Å². The number of nitro benzene ring substituents is 1. The standard InChI is InChI=1S/C17H18N2O3/c1-17(2,3)13-6-9-16(20)15(10-13)18-11-12-4-7-14(8-5-12)19(21)22/h4-11,20H,1-3H3. The molecule has 0 aliphatic rings. The van der Waals surface area contributed by atoms with Gasteiger partial charge in [0.05, 0.1) is 4.92 Å². The highest BCUT2D eigenvalue weighted by atomic mass is 16.6. The molecule has 0 aromatic heterocycles. The van der Waals surface area contributed by atoms with Gasteiger partial charge in [-0.2, -0.15) is 0 Å². The van der Waals surface area contributed by atoms with Crippen LogP contribution in [-0.4, -0.2) is 16.2 Å². The molecule has 0 bridgehead atoms. The van der Waals surface area contributed by atoms with Crippen molar-refractivity contribution < 1.29 is 10.0 Å². The van der Waals surface area contributed by atoms with Gasteiger partial charge in [0.15, 0.2) is 0 Å². The highest BCUT2D eigenvalue weighted by Gasteiger charge is 2.15. The number of hydrogen-bond acceptors (Lipinski definition) is 4. The molecule has 2 aromatic rings. The molecule has 0 fully saturated rings. The molecule has 2 rings (SSSR count). The Morgan fingerprint density at radius 1 is 1.14 bits per heavy atom. The second-order valence-electron chi connectivity index (χ2n) is 6.06. The van der Waals surface area contributed by atoms with Gasteiger partial charge in [-0.1, -0.05) is 26.8 Å². The lowest BCUT2D eigenvalue weighted by molar-refractivity contribution is -0.384. The van der Waals surface area contributed by atoms with Crippen LogP contribution in [0.3, 0.4) is 0 Å². The van der Waals surface area contributed by atoms with Gasteiger partial charge in [0.2, 0.25) is 0 Å². The van der Waals surface area contributed by atoms with Crippen molar-refractivity contribution in [2.24, 2.45) is 4.99 Å². The van der Waals surface area contributed by atoms with Crippen molar-refractivity contribution in [2.75, 3.05) is 0 Å². The maximum absolute atomic E-state index is 10.6. The van der Waals surface area contributed by atoms with Crippen molar-refractivity contribution in [3.05, 3.63) is 63.7 Å². The molecule has 0 atom stereocenters. The van der Waals surface area contributed by atoms with Crippen LogP contribution < -0.4 is 0 Å². The van der Waals surface area contributed by atoms with Crippen LogP contribution >= 0.6 is 0 Å². The normalized spacial score (nSPS) is 11.8. The van der Waals surface area contributed by atoms with Crippen LogP contribution in [0.1, 0.15) is 31.9 Å². The van der Waals surface area contributed by atoms with Crippen LogP contribution in [0.2, 0.25) is 0 Å². The van der Waals surface area contributed by atoms with Crippen LogP contribution in [-0.2, 0) is 5.41 Å². The summed E-state index contributed by atoms with van der Waals surface area (Å²) >= 11 is 0. The quantitative estimate of drug-likeness (QED) is 0.520. The number of phenols is 1. The molecule has 5 nitrogen and oxygen atoms in total. The Kier molecular flexibility index (Phi) is 4.26. The number of rotatable bonds is 3. The Labute approximate surface area is 129 Å². The highest BCUT2D eigenvalue weighted by Crippen LogP contribution is 2.32. The minimum Gasteiger partial charge on any atom is -0.506 e. The van der Waals surface area contributed by atoms with E-state index >= 15 is 0 Å². The molecule has 0 amide bonds. The summed E-state index contributed by atoms with van der Waals surface area (Å²) in [5, 5.41) is 20.5. The molecule has 5 heteroatoms. The van der Waals surface area contributed by atoms with E-state index in [1.807, 2.05) is 12.1 Å². The number of hydrogen-bond donors (Lipinski definition) is 1. The van der Waals surface area contributed by atoms with E-state index in [1.54, 1.807) is 24.4 Å². The largest absolute Gasteiger partial charge is 0.506 e. The molecule has 0 unspecified atom stereocenters. The van der Waals surface area contributed by atoms with Crippen molar-refractivity contribution in [1.29, 1.82) is 0 Å². The molecular formula is C17H18N2O3. The van der Waals surface area contributed by atoms with Crippen LogP contribution in [0.15, 0.2) is 47.5 Å². The third kappa shape index (κ3) is 3.69. The first-order valence-corrected chi connectivity index (χ1v) is 6.89. The predicted molar refractivity (Wildman–Crippen MR) is 87.2 cm³/mol. The Balaban J connectivity index is 2.27. The van der Waals surface area contributed by atoms with E-state index in [0.717, 1.165) is 11.1 Å². The average Bonchev–Trinajstić information content (AvgIpc) is 2.45. The van der Waals surface area contributed by atoms with Gasteiger partial charge in [-0.25, -0.2) is 0 Å². The van der Waals surface area contributed by atoms with Gasteiger partial charge in [0.1, 0.15) is 11.4 Å². The zero-order valence-electron chi connectivity index (χ0n) is 12.8. The Hall–Kier alpha value is -2.69. The Bertz CT molecular complexity index is 714. The number of benzene rings is 2. The lowest BCUT2D eigenvalue weighted by Gasteiger charge is -2.19. The SMILES string of the molecule is CC(C)(C)c1ccc(O)c(N=Cc2ccc([N+](=O)[O-])cc2)c1. The maximum Gasteiger partial charge on any atom is 0.269 e. The third-order valence-corrected chi connectivity index (χ3v) is 3.30. The summed E-state index contributed by atoms with van der Waals surface area (Å²) in [6, 6.07) is 11.4. The molecule has 0 radical (unpaired) electrons. The van der Waals surface area contributed by atoms with Crippen LogP contribution in [0, 0.1) is 10.1 Å². The van der Waals surface area contributed by atoms with E-state index < -0.39 is 4.92 Å². The van der Waals surface area contributed by atoms with Crippen molar-refractivity contribution >= 4 is 17.6 Å². The Morgan fingerprint density at radius 3 is 2.32 bits per heavy atom. The topological polar surface area (TPSA) is 75.7 Å². The summed E-state index contributed by atoms with van der Waals surface area (Å²) in [4.78, 5) is 14.4. The maximum atomic E-state index is 10.6. The molecule has 2 aromatic carbocycles. The molecule has 1 N–H and O–H groups in total. The molecule has 0 aliphatic heterocycles. The Morgan fingerprint density at radius 2 is 1.77 bits per heavy atom. The van der Waals surface area contributed by atoms with Gasteiger partial charge in [-0.3, -0.25) is 15.1 Å². The first-order valence-electron chi connectivity index (χ1n) is 6.89. The van der Waals surface area contributed by atoms with Crippen molar-refractivity contribution in [3.63, 3.8) is 0 Å². The lowest BCUT2D eigenvalue weighted by atomic mass is 9.87. The smallest absolute Gasteiger partial charge is 0.269 e. The summed E-state index contributed by atoms with van der Waals surface area (Å²) in [5.74, 6) is 0.103. The van der Waals surface area contributed by atoms with Crippen molar-refractivity contribution in [1.82, 2.24) is 0 Å². The van der Waals surface area contributed by atoms with E-state index in [2.05, 4.69) is 25.8 Å². The summed E-state index contributed by atoms with van der Waals surface area (Å²) in [7, 11) is 0. The molecule has 114 valence electrons. The first-order chi connectivity index (χ1) is 10.3. The minimum atomic E-state index is -0.445. The molecule has 0 saturated heterocycles. The molecule has 0 heterocycles. The summed E-state index contributed by atoms with van der Waals surface area (Å²) in [6.07, 6.45) is 1.57. The number of nitrogens with zero attached hydrogens (tertiary/aromatic N) is 2. The van der Waals surface area contributed by atoms with Gasteiger partial charge in [0.25, 0.3) is 5.69 Å². The van der Waals surface area contributed by atoms with Crippen molar-refractivity contribution in [2.45, 2.75) is 26.2 Å². The number of nitro groups is 1. The average molecular weight is 298 g/mol. The summed E-state index contributed by atoms with van der Waals surface area (Å²) in [5.41, 5.74) is 2.28. The second-order valence-corrected chi connectivity index (χ2v) is 6.06. The number of non-ortho nitro benzene ring substituents is 1. The summed E-state index contributed by atoms with van der Waals surface area (Å²) in [6.45, 7) is 6.26. The fourth-order valence-corrected chi connectivity index (χ4v) is 1.92. The van der Waals surface area contributed by atoms with Gasteiger partial charge in [-0.15, -0.1) is 0 Å². The fourth-order valence-electron chi connectivity index (χ4n) is 1.92. The zero-order chi connectivity index (χ0) is 16.3. The molecule has 0 spiro atoms. The molecule has 0 aliphatic carbocycles. The molecule has 0 saturated carbocycles. The lowest BCUT2D eigenvalue weighted by Crippen LogP contribution is -2.10. The van der Waals surface area contributed by atoms with E-state index in [0.29, 0.717) is 5.69 Å². The number of aromatic hydroxyl groups is 1. The van der Waals surface area contributed by atoms with Crippen LogP contribution in [0.5, 0.6) is 5.75 Å². The fraction of sp³-hybridized carbons (Fsp3) is 0.235. The predicted octanol–water partition coefficient (Wildman–Crippen LogP) is 4.35. The van der Waals surface area contributed by atoms with Crippen molar-refractivity contribution in [3.8, 4) is 5.75 Å². The van der Waals surface area contributed by atoms with E-state index in [1.165, 1.54) is 12.1 Å². The second kappa shape index (κ2) is 5.97. The van der Waals surface area contributed by atoms with Gasteiger partial charge in [-0.05, 0) is 40.8 Å².